The van der Waals surface area contributed by atoms with Gasteiger partial charge in [-0.15, -0.1) is 5.92 Å². The fraction of sp³-hybridized carbons (Fsp3) is 0.185. The lowest BCUT2D eigenvalue weighted by molar-refractivity contribution is -0.124. The van der Waals surface area contributed by atoms with Crippen molar-refractivity contribution in [3.63, 3.8) is 0 Å². The van der Waals surface area contributed by atoms with Crippen molar-refractivity contribution >= 4 is 17.8 Å². The quantitative estimate of drug-likeness (QED) is 0.367. The number of pyridine rings is 1. The summed E-state index contributed by atoms with van der Waals surface area (Å²) in [4.78, 5) is 54.3. The molecule has 0 spiro atoms. The van der Waals surface area contributed by atoms with Crippen molar-refractivity contribution in [3.05, 3.63) is 87.8 Å². The predicted molar refractivity (Wildman–Crippen MR) is 131 cm³/mol. The second-order valence-corrected chi connectivity index (χ2v) is 8.53. The summed E-state index contributed by atoms with van der Waals surface area (Å²) in [6, 6.07) is 14.9. The maximum absolute atomic E-state index is 13.3. The van der Waals surface area contributed by atoms with Crippen molar-refractivity contribution in [3.8, 4) is 28.7 Å². The third-order valence-corrected chi connectivity index (χ3v) is 6.30. The van der Waals surface area contributed by atoms with E-state index in [0.717, 1.165) is 11.1 Å². The van der Waals surface area contributed by atoms with Crippen molar-refractivity contribution < 1.29 is 19.1 Å². The van der Waals surface area contributed by atoms with E-state index in [1.54, 1.807) is 55.6 Å². The molecule has 9 nitrogen and oxygen atoms in total. The van der Waals surface area contributed by atoms with E-state index in [-0.39, 0.29) is 24.6 Å². The number of nitrogens with zero attached hydrogens (tertiary/aromatic N) is 1. The standard InChI is InChI=1S/C27H22N4O5/c1-2-3-12-36-21-9-6-19-15-31(24(33)22(19)14-21)16-27(25(34)29-26(35)30-27)20-7-4-17(5-8-20)18-10-11-28-23(32)13-18/h4-11,13-14H,12,15-16H2,1H3,(H,28,32)(H2,29,30,34,35). The lowest BCUT2D eigenvalue weighted by Crippen LogP contribution is -2.52. The fourth-order valence-electron chi connectivity index (χ4n) is 4.50. The Morgan fingerprint density at radius 3 is 2.50 bits per heavy atom. The molecule has 1 atom stereocenters. The molecule has 2 aromatic carbocycles. The molecule has 3 aromatic rings. The first-order valence-corrected chi connectivity index (χ1v) is 11.3. The van der Waals surface area contributed by atoms with E-state index in [4.69, 9.17) is 4.74 Å². The summed E-state index contributed by atoms with van der Waals surface area (Å²) in [6.45, 7) is 2.17. The predicted octanol–water partition coefficient (Wildman–Crippen LogP) is 2.13. The molecule has 5 rings (SSSR count). The molecular formula is C27H22N4O5. The number of ether oxygens (including phenoxy) is 1. The summed E-state index contributed by atoms with van der Waals surface area (Å²) >= 11 is 0. The Hall–Kier alpha value is -4.84. The second kappa shape index (κ2) is 9.07. The average Bonchev–Trinajstić information content (AvgIpc) is 3.34. The number of aromatic amines is 1. The molecular weight excluding hydrogens is 460 g/mol. The Labute approximate surface area is 206 Å². The van der Waals surface area contributed by atoms with Crippen LogP contribution >= 0.6 is 0 Å². The molecule has 4 amide bonds. The highest BCUT2D eigenvalue weighted by Crippen LogP contribution is 2.33. The van der Waals surface area contributed by atoms with E-state index >= 15 is 0 Å². The van der Waals surface area contributed by atoms with Crippen LogP contribution in [0.3, 0.4) is 0 Å². The van der Waals surface area contributed by atoms with Gasteiger partial charge in [-0.3, -0.25) is 19.7 Å². The van der Waals surface area contributed by atoms with Gasteiger partial charge in [0.2, 0.25) is 5.56 Å². The van der Waals surface area contributed by atoms with Crippen LogP contribution in [0.15, 0.2) is 65.6 Å². The number of imide groups is 1. The number of H-pyrrole nitrogens is 1. The van der Waals surface area contributed by atoms with Crippen molar-refractivity contribution in [2.24, 2.45) is 0 Å². The summed E-state index contributed by atoms with van der Waals surface area (Å²) in [6.07, 6.45) is 1.56. The van der Waals surface area contributed by atoms with Crippen molar-refractivity contribution in [2.75, 3.05) is 13.2 Å². The van der Waals surface area contributed by atoms with Gasteiger partial charge in [-0.25, -0.2) is 4.79 Å². The van der Waals surface area contributed by atoms with E-state index < -0.39 is 17.5 Å². The van der Waals surface area contributed by atoms with Gasteiger partial charge in [-0.1, -0.05) is 36.3 Å². The fourth-order valence-corrected chi connectivity index (χ4v) is 4.50. The van der Waals surface area contributed by atoms with Gasteiger partial charge in [0.25, 0.3) is 11.8 Å². The number of urea groups is 1. The summed E-state index contributed by atoms with van der Waals surface area (Å²) in [7, 11) is 0. The largest absolute Gasteiger partial charge is 0.481 e. The zero-order valence-corrected chi connectivity index (χ0v) is 19.4. The molecule has 1 saturated heterocycles. The first-order chi connectivity index (χ1) is 17.4. The molecule has 3 N–H and O–H groups in total. The van der Waals surface area contributed by atoms with E-state index in [9.17, 15) is 19.2 Å². The van der Waals surface area contributed by atoms with Crippen LogP contribution in [0.4, 0.5) is 4.79 Å². The number of rotatable bonds is 6. The van der Waals surface area contributed by atoms with Crippen molar-refractivity contribution in [1.82, 2.24) is 20.5 Å². The van der Waals surface area contributed by atoms with Gasteiger partial charge < -0.3 is 19.9 Å². The Kier molecular flexibility index (Phi) is 5.78. The molecule has 36 heavy (non-hydrogen) atoms. The lowest BCUT2D eigenvalue weighted by Gasteiger charge is -2.31. The van der Waals surface area contributed by atoms with Crippen LogP contribution in [0.25, 0.3) is 11.1 Å². The van der Waals surface area contributed by atoms with E-state index in [2.05, 4.69) is 27.5 Å². The number of carbonyl (C=O) groups is 3. The normalized spacial score (nSPS) is 18.2. The number of benzene rings is 2. The van der Waals surface area contributed by atoms with Gasteiger partial charge >= 0.3 is 6.03 Å². The van der Waals surface area contributed by atoms with Crippen LogP contribution in [0, 0.1) is 11.8 Å². The van der Waals surface area contributed by atoms with E-state index in [1.807, 2.05) is 6.07 Å². The van der Waals surface area contributed by atoms with Gasteiger partial charge in [0, 0.05) is 24.4 Å². The maximum Gasteiger partial charge on any atom is 0.322 e. The van der Waals surface area contributed by atoms with Gasteiger partial charge in [-0.05, 0) is 47.4 Å². The first-order valence-electron chi connectivity index (χ1n) is 11.3. The van der Waals surface area contributed by atoms with Crippen LogP contribution in [0.1, 0.15) is 28.4 Å². The number of nitrogens with one attached hydrogen (secondary N) is 3. The Morgan fingerprint density at radius 2 is 1.81 bits per heavy atom. The number of hydrogen-bond acceptors (Lipinski definition) is 5. The Morgan fingerprint density at radius 1 is 1.00 bits per heavy atom. The zero-order valence-electron chi connectivity index (χ0n) is 19.4. The molecule has 180 valence electrons. The smallest absolute Gasteiger partial charge is 0.322 e. The number of carbonyl (C=O) groups excluding carboxylic acids is 3. The van der Waals surface area contributed by atoms with Gasteiger partial charge in [0.1, 0.15) is 12.4 Å². The summed E-state index contributed by atoms with van der Waals surface area (Å²) in [5.41, 5.74) is 1.61. The number of hydrogen-bond donors (Lipinski definition) is 3. The average molecular weight is 482 g/mol. The molecule has 0 bridgehead atoms. The number of fused-ring (bicyclic) bond motifs is 1. The Bertz CT molecular complexity index is 1500. The van der Waals surface area contributed by atoms with Crippen molar-refractivity contribution in [1.29, 1.82) is 0 Å². The van der Waals surface area contributed by atoms with Gasteiger partial charge in [0.05, 0.1) is 6.54 Å². The second-order valence-electron chi connectivity index (χ2n) is 8.53. The zero-order chi connectivity index (χ0) is 25.3. The van der Waals surface area contributed by atoms with Crippen LogP contribution in [-0.4, -0.2) is 40.9 Å². The minimum Gasteiger partial charge on any atom is -0.481 e. The van der Waals surface area contributed by atoms with E-state index in [1.165, 1.54) is 11.0 Å². The topological polar surface area (TPSA) is 121 Å². The van der Waals surface area contributed by atoms with Crippen LogP contribution in [0.2, 0.25) is 0 Å². The number of aromatic nitrogens is 1. The first kappa shape index (κ1) is 22.9. The monoisotopic (exact) mass is 482 g/mol. The minimum absolute atomic E-state index is 0.0556. The molecule has 0 aliphatic carbocycles. The highest BCUT2D eigenvalue weighted by molar-refractivity contribution is 6.08. The molecule has 1 aromatic heterocycles. The highest BCUT2D eigenvalue weighted by atomic mass is 16.5. The summed E-state index contributed by atoms with van der Waals surface area (Å²) in [5.74, 6) is 5.30. The van der Waals surface area contributed by atoms with Crippen molar-refractivity contribution in [2.45, 2.75) is 19.0 Å². The molecule has 1 fully saturated rings. The molecule has 1 unspecified atom stereocenters. The molecule has 2 aliphatic rings. The maximum atomic E-state index is 13.3. The SMILES string of the molecule is CC#CCOc1ccc2c(c1)C(=O)N(CC1(c3ccc(-c4cc[nH]c(=O)c4)cc3)NC(=O)NC1=O)C2. The molecule has 3 heterocycles. The van der Waals surface area contributed by atoms with Crippen LogP contribution < -0.4 is 20.9 Å². The lowest BCUT2D eigenvalue weighted by atomic mass is 9.88. The van der Waals surface area contributed by atoms with Crippen LogP contribution in [0.5, 0.6) is 5.75 Å². The molecule has 0 radical (unpaired) electrons. The van der Waals surface area contributed by atoms with Gasteiger partial charge in [0.15, 0.2) is 5.54 Å². The third-order valence-electron chi connectivity index (χ3n) is 6.30. The summed E-state index contributed by atoms with van der Waals surface area (Å²) < 4.78 is 5.58. The molecule has 9 heteroatoms. The van der Waals surface area contributed by atoms with E-state index in [0.29, 0.717) is 29.0 Å². The third kappa shape index (κ3) is 4.09. The molecule has 0 saturated carbocycles. The molecule has 2 aliphatic heterocycles. The van der Waals surface area contributed by atoms with Crippen LogP contribution in [-0.2, 0) is 16.9 Å². The highest BCUT2D eigenvalue weighted by Gasteiger charge is 2.50. The Balaban J connectivity index is 1.43. The summed E-state index contributed by atoms with van der Waals surface area (Å²) in [5, 5.41) is 5.04. The minimum atomic E-state index is -1.46. The van der Waals surface area contributed by atoms with Gasteiger partial charge in [-0.2, -0.15) is 0 Å². The number of amides is 4.